The van der Waals surface area contributed by atoms with E-state index < -0.39 is 6.09 Å². The van der Waals surface area contributed by atoms with E-state index in [0.717, 1.165) is 31.2 Å². The number of amides is 2. The molecule has 0 radical (unpaired) electrons. The van der Waals surface area contributed by atoms with Gasteiger partial charge in [0.25, 0.3) is 0 Å². The van der Waals surface area contributed by atoms with Crippen LogP contribution in [0.5, 0.6) is 0 Å². The molecule has 1 fully saturated rings. The normalized spacial score (nSPS) is 20.2. The minimum atomic E-state index is -0.438. The summed E-state index contributed by atoms with van der Waals surface area (Å²) in [6, 6.07) is 9.47. The van der Waals surface area contributed by atoms with Gasteiger partial charge >= 0.3 is 6.09 Å². The number of nitrogens with two attached hydrogens (primary N) is 1. The number of rotatable bonds is 6. The first-order valence-corrected chi connectivity index (χ1v) is 8.62. The van der Waals surface area contributed by atoms with Crippen LogP contribution < -0.4 is 11.1 Å². The van der Waals surface area contributed by atoms with Crippen molar-refractivity contribution in [3.8, 4) is 0 Å². The van der Waals surface area contributed by atoms with E-state index in [0.29, 0.717) is 6.54 Å². The van der Waals surface area contributed by atoms with Crippen LogP contribution in [-0.4, -0.2) is 42.1 Å². The Morgan fingerprint density at radius 1 is 1.25 bits per heavy atom. The summed E-state index contributed by atoms with van der Waals surface area (Å²) < 4.78 is 5.30. The lowest BCUT2D eigenvalue weighted by molar-refractivity contribution is -0.133. The predicted octanol–water partition coefficient (Wildman–Crippen LogP) is 2.03. The number of ether oxygens (including phenoxy) is 1. The van der Waals surface area contributed by atoms with E-state index in [1.165, 1.54) is 0 Å². The van der Waals surface area contributed by atoms with E-state index in [-0.39, 0.29) is 31.1 Å². The molecule has 24 heavy (non-hydrogen) atoms. The highest BCUT2D eigenvalue weighted by Gasteiger charge is 2.32. The molecule has 2 rings (SSSR count). The van der Waals surface area contributed by atoms with Crippen molar-refractivity contribution in [3.63, 3.8) is 0 Å². The molecule has 0 saturated heterocycles. The number of nitrogens with one attached hydrogen (secondary N) is 1. The van der Waals surface area contributed by atoms with Crippen molar-refractivity contribution in [2.24, 2.45) is 5.73 Å². The van der Waals surface area contributed by atoms with Gasteiger partial charge in [0, 0.05) is 6.54 Å². The SMILES string of the molecule is CCN(C(=O)CN)[C@@H]1CCCC[C@@H]1NC(=O)OCc1ccccc1. The van der Waals surface area contributed by atoms with Gasteiger partial charge in [0.1, 0.15) is 6.61 Å². The molecule has 0 aromatic heterocycles. The summed E-state index contributed by atoms with van der Waals surface area (Å²) in [6.45, 7) is 2.77. The average molecular weight is 333 g/mol. The molecule has 1 aromatic rings. The van der Waals surface area contributed by atoms with E-state index in [1.54, 1.807) is 4.90 Å². The van der Waals surface area contributed by atoms with Crippen LogP contribution in [-0.2, 0) is 16.1 Å². The quantitative estimate of drug-likeness (QED) is 0.834. The Hall–Kier alpha value is -2.08. The molecule has 2 atom stereocenters. The van der Waals surface area contributed by atoms with Gasteiger partial charge in [0.05, 0.1) is 18.6 Å². The van der Waals surface area contributed by atoms with Gasteiger partial charge in [-0.05, 0) is 25.3 Å². The summed E-state index contributed by atoms with van der Waals surface area (Å²) in [5, 5.41) is 2.94. The van der Waals surface area contributed by atoms with Crippen LogP contribution in [0.4, 0.5) is 4.79 Å². The second kappa shape index (κ2) is 9.27. The third-order valence-corrected chi connectivity index (χ3v) is 4.48. The van der Waals surface area contributed by atoms with E-state index in [2.05, 4.69) is 5.32 Å². The highest BCUT2D eigenvalue weighted by atomic mass is 16.5. The molecule has 6 heteroatoms. The van der Waals surface area contributed by atoms with Crippen LogP contribution in [0.2, 0.25) is 0 Å². The van der Waals surface area contributed by atoms with Crippen molar-refractivity contribution in [2.75, 3.05) is 13.1 Å². The summed E-state index contributed by atoms with van der Waals surface area (Å²) >= 11 is 0. The zero-order chi connectivity index (χ0) is 17.4. The highest BCUT2D eigenvalue weighted by molar-refractivity contribution is 5.78. The Labute approximate surface area is 143 Å². The zero-order valence-electron chi connectivity index (χ0n) is 14.2. The first kappa shape index (κ1) is 18.3. The molecule has 1 saturated carbocycles. The van der Waals surface area contributed by atoms with Crippen molar-refractivity contribution in [1.29, 1.82) is 0 Å². The Morgan fingerprint density at radius 3 is 2.62 bits per heavy atom. The van der Waals surface area contributed by atoms with Crippen LogP contribution in [0.3, 0.4) is 0 Å². The lowest BCUT2D eigenvalue weighted by atomic mass is 9.89. The van der Waals surface area contributed by atoms with Crippen molar-refractivity contribution in [2.45, 2.75) is 51.3 Å². The van der Waals surface area contributed by atoms with Crippen molar-refractivity contribution >= 4 is 12.0 Å². The van der Waals surface area contributed by atoms with Gasteiger partial charge in [0.2, 0.25) is 5.91 Å². The van der Waals surface area contributed by atoms with E-state index >= 15 is 0 Å². The third-order valence-electron chi connectivity index (χ3n) is 4.48. The summed E-state index contributed by atoms with van der Waals surface area (Å²) in [4.78, 5) is 25.9. The monoisotopic (exact) mass is 333 g/mol. The van der Waals surface area contributed by atoms with E-state index in [9.17, 15) is 9.59 Å². The number of likely N-dealkylation sites (N-methyl/N-ethyl adjacent to an activating group) is 1. The maximum atomic E-state index is 12.1. The first-order chi connectivity index (χ1) is 11.7. The van der Waals surface area contributed by atoms with Crippen LogP contribution in [0.25, 0.3) is 0 Å². The second-order valence-corrected chi connectivity index (χ2v) is 6.05. The van der Waals surface area contributed by atoms with Crippen molar-refractivity contribution in [1.82, 2.24) is 10.2 Å². The summed E-state index contributed by atoms with van der Waals surface area (Å²) in [7, 11) is 0. The minimum absolute atomic E-state index is 0.00445. The molecule has 6 nitrogen and oxygen atoms in total. The lowest BCUT2D eigenvalue weighted by Crippen LogP contribution is -2.56. The molecule has 0 spiro atoms. The Bertz CT molecular complexity index is 536. The molecule has 0 bridgehead atoms. The Kier molecular flexibility index (Phi) is 7.06. The highest BCUT2D eigenvalue weighted by Crippen LogP contribution is 2.23. The topological polar surface area (TPSA) is 84.7 Å². The number of alkyl carbamates (subject to hydrolysis) is 1. The molecule has 1 aromatic carbocycles. The van der Waals surface area contributed by atoms with Gasteiger partial charge in [-0.3, -0.25) is 4.79 Å². The van der Waals surface area contributed by atoms with Gasteiger partial charge in [-0.15, -0.1) is 0 Å². The summed E-state index contributed by atoms with van der Waals surface area (Å²) in [5.41, 5.74) is 6.46. The number of carbonyl (C=O) groups excluding carboxylic acids is 2. The van der Waals surface area contributed by atoms with Crippen LogP contribution in [0.15, 0.2) is 30.3 Å². The summed E-state index contributed by atoms with van der Waals surface area (Å²) in [5.74, 6) is -0.0751. The Morgan fingerprint density at radius 2 is 1.96 bits per heavy atom. The Balaban J connectivity index is 1.92. The molecule has 0 unspecified atom stereocenters. The van der Waals surface area contributed by atoms with Crippen LogP contribution >= 0.6 is 0 Å². The molecule has 2 amide bonds. The smallest absolute Gasteiger partial charge is 0.407 e. The predicted molar refractivity (Wildman–Crippen MR) is 92.2 cm³/mol. The average Bonchev–Trinajstić information content (AvgIpc) is 2.62. The maximum Gasteiger partial charge on any atom is 0.407 e. The maximum absolute atomic E-state index is 12.1. The van der Waals surface area contributed by atoms with Gasteiger partial charge in [-0.25, -0.2) is 4.79 Å². The third kappa shape index (κ3) is 4.96. The van der Waals surface area contributed by atoms with Crippen LogP contribution in [0.1, 0.15) is 38.2 Å². The van der Waals surface area contributed by atoms with Gasteiger partial charge in [0.15, 0.2) is 0 Å². The number of hydrogen-bond acceptors (Lipinski definition) is 4. The van der Waals surface area contributed by atoms with E-state index in [1.807, 2.05) is 37.3 Å². The number of hydrogen-bond donors (Lipinski definition) is 2. The number of nitrogens with zero attached hydrogens (tertiary/aromatic N) is 1. The first-order valence-electron chi connectivity index (χ1n) is 8.62. The molecule has 0 heterocycles. The molecular formula is C18H27N3O3. The fraction of sp³-hybridized carbons (Fsp3) is 0.556. The lowest BCUT2D eigenvalue weighted by Gasteiger charge is -2.39. The number of benzene rings is 1. The molecule has 1 aliphatic carbocycles. The molecule has 1 aliphatic rings. The fourth-order valence-corrected chi connectivity index (χ4v) is 3.28. The van der Waals surface area contributed by atoms with Gasteiger partial charge in [-0.1, -0.05) is 43.2 Å². The molecule has 0 aliphatic heterocycles. The van der Waals surface area contributed by atoms with E-state index in [4.69, 9.17) is 10.5 Å². The second-order valence-electron chi connectivity index (χ2n) is 6.05. The largest absolute Gasteiger partial charge is 0.445 e. The van der Waals surface area contributed by atoms with Crippen molar-refractivity contribution in [3.05, 3.63) is 35.9 Å². The van der Waals surface area contributed by atoms with Crippen molar-refractivity contribution < 1.29 is 14.3 Å². The molecule has 132 valence electrons. The van der Waals surface area contributed by atoms with Gasteiger partial charge in [-0.2, -0.15) is 0 Å². The van der Waals surface area contributed by atoms with Gasteiger partial charge < -0.3 is 20.7 Å². The number of carbonyl (C=O) groups is 2. The van der Waals surface area contributed by atoms with Crippen LogP contribution in [0, 0.1) is 0 Å². The fourth-order valence-electron chi connectivity index (χ4n) is 3.28. The molecular weight excluding hydrogens is 306 g/mol. The zero-order valence-corrected chi connectivity index (χ0v) is 14.2. The minimum Gasteiger partial charge on any atom is -0.445 e. The summed E-state index contributed by atoms with van der Waals surface area (Å²) in [6.07, 6.45) is 3.37. The standard InChI is InChI=1S/C18H27N3O3/c1-2-21(17(22)12-19)16-11-7-6-10-15(16)20-18(23)24-13-14-8-4-3-5-9-14/h3-5,8-9,15-16H,2,6-7,10-13,19H2,1H3,(H,20,23)/t15-,16+/m0/s1. The molecule has 3 N–H and O–H groups in total.